The third-order valence-corrected chi connectivity index (χ3v) is 3.94. The van der Waals surface area contributed by atoms with Gasteiger partial charge in [-0.1, -0.05) is 30.3 Å². The van der Waals surface area contributed by atoms with Gasteiger partial charge in [0.15, 0.2) is 0 Å². The van der Waals surface area contributed by atoms with Crippen LogP contribution < -0.4 is 9.64 Å². The molecule has 2 atom stereocenters. The molecule has 1 aromatic heterocycles. The lowest BCUT2D eigenvalue weighted by Crippen LogP contribution is -2.47. The molecule has 2 aromatic rings. The predicted octanol–water partition coefficient (Wildman–Crippen LogP) is 2.03. The van der Waals surface area contributed by atoms with Gasteiger partial charge in [-0.2, -0.15) is 4.98 Å². The van der Waals surface area contributed by atoms with Crippen LogP contribution in [0.1, 0.15) is 18.9 Å². The Kier molecular flexibility index (Phi) is 5.61. The number of ether oxygens (including phenoxy) is 2. The van der Waals surface area contributed by atoms with Crippen molar-refractivity contribution in [3.63, 3.8) is 0 Å². The van der Waals surface area contributed by atoms with E-state index in [0.29, 0.717) is 44.6 Å². The molecular formula is C18H23N3O3. The van der Waals surface area contributed by atoms with Gasteiger partial charge < -0.3 is 19.5 Å². The van der Waals surface area contributed by atoms with Crippen LogP contribution in [0.2, 0.25) is 0 Å². The summed E-state index contributed by atoms with van der Waals surface area (Å²) in [4.78, 5) is 11.0. The minimum atomic E-state index is -0.392. The van der Waals surface area contributed by atoms with Gasteiger partial charge >= 0.3 is 0 Å². The Morgan fingerprint density at radius 3 is 2.96 bits per heavy atom. The number of aliphatic hydroxyl groups is 1. The van der Waals surface area contributed by atoms with E-state index >= 15 is 0 Å². The summed E-state index contributed by atoms with van der Waals surface area (Å²) < 4.78 is 11.3. The fraction of sp³-hybridized carbons (Fsp3) is 0.444. The summed E-state index contributed by atoms with van der Waals surface area (Å²) in [6, 6.07) is 11.8. The van der Waals surface area contributed by atoms with Crippen LogP contribution in [0.4, 0.5) is 5.95 Å². The molecule has 1 N–H and O–H groups in total. The maximum absolute atomic E-state index is 9.69. The molecule has 0 bridgehead atoms. The van der Waals surface area contributed by atoms with Gasteiger partial charge in [0.2, 0.25) is 11.8 Å². The maximum Gasteiger partial charge on any atom is 0.229 e. The first-order valence-corrected chi connectivity index (χ1v) is 8.24. The minimum Gasteiger partial charge on any atom is -0.473 e. The molecule has 0 radical (unpaired) electrons. The highest BCUT2D eigenvalue weighted by Gasteiger charge is 2.26. The predicted molar refractivity (Wildman–Crippen MR) is 91.1 cm³/mol. The van der Waals surface area contributed by atoms with Gasteiger partial charge in [-0.15, -0.1) is 0 Å². The average molecular weight is 329 g/mol. The first kappa shape index (κ1) is 16.7. The largest absolute Gasteiger partial charge is 0.473 e. The lowest BCUT2D eigenvalue weighted by molar-refractivity contribution is 0.0713. The summed E-state index contributed by atoms with van der Waals surface area (Å²) in [6.07, 6.45) is 1.94. The van der Waals surface area contributed by atoms with Crippen LogP contribution in [0.3, 0.4) is 0 Å². The van der Waals surface area contributed by atoms with E-state index in [0.717, 1.165) is 5.56 Å². The lowest BCUT2D eigenvalue weighted by atomic mass is 10.1. The summed E-state index contributed by atoms with van der Waals surface area (Å²) in [5, 5.41) is 9.69. The second kappa shape index (κ2) is 8.08. The summed E-state index contributed by atoms with van der Waals surface area (Å²) in [6.45, 7) is 4.17. The Bertz CT molecular complexity index is 636. The number of hydrogen-bond acceptors (Lipinski definition) is 6. The van der Waals surface area contributed by atoms with E-state index in [2.05, 4.69) is 14.9 Å². The zero-order valence-corrected chi connectivity index (χ0v) is 13.8. The number of nitrogens with zero attached hydrogens (tertiary/aromatic N) is 3. The van der Waals surface area contributed by atoms with Gasteiger partial charge in [-0.3, -0.25) is 0 Å². The maximum atomic E-state index is 9.69. The van der Waals surface area contributed by atoms with E-state index in [1.807, 2.05) is 30.3 Å². The van der Waals surface area contributed by atoms with Crippen LogP contribution in [0.25, 0.3) is 0 Å². The van der Waals surface area contributed by atoms with Gasteiger partial charge in [0.1, 0.15) is 6.61 Å². The van der Waals surface area contributed by atoms with Crippen molar-refractivity contribution in [2.45, 2.75) is 32.1 Å². The van der Waals surface area contributed by atoms with E-state index in [9.17, 15) is 5.11 Å². The number of aliphatic hydroxyl groups excluding tert-OH is 1. The summed E-state index contributed by atoms with van der Waals surface area (Å²) in [7, 11) is 0. The minimum absolute atomic E-state index is 0.0723. The van der Waals surface area contributed by atoms with Gasteiger partial charge in [-0.05, 0) is 18.9 Å². The zero-order chi connectivity index (χ0) is 16.8. The van der Waals surface area contributed by atoms with Crippen LogP contribution >= 0.6 is 0 Å². The highest BCUT2D eigenvalue weighted by atomic mass is 16.5. The van der Waals surface area contributed by atoms with Crippen molar-refractivity contribution < 1.29 is 14.6 Å². The van der Waals surface area contributed by atoms with Crippen molar-refractivity contribution in [1.82, 2.24) is 9.97 Å². The molecule has 6 heteroatoms. The third-order valence-electron chi connectivity index (χ3n) is 3.94. The molecule has 1 saturated heterocycles. The van der Waals surface area contributed by atoms with E-state index < -0.39 is 6.10 Å². The van der Waals surface area contributed by atoms with Gasteiger partial charge in [0.25, 0.3) is 0 Å². The molecule has 6 nitrogen and oxygen atoms in total. The van der Waals surface area contributed by atoms with Crippen LogP contribution in [0.5, 0.6) is 5.88 Å². The summed E-state index contributed by atoms with van der Waals surface area (Å²) in [5.74, 6) is 1.17. The van der Waals surface area contributed by atoms with E-state index in [1.54, 1.807) is 19.2 Å². The monoisotopic (exact) mass is 329 g/mol. The van der Waals surface area contributed by atoms with Crippen LogP contribution in [0.15, 0.2) is 42.6 Å². The number of anilines is 1. The molecule has 1 aliphatic heterocycles. The Balaban J connectivity index is 1.69. The highest BCUT2D eigenvalue weighted by molar-refractivity contribution is 5.34. The molecule has 128 valence electrons. The summed E-state index contributed by atoms with van der Waals surface area (Å²) >= 11 is 0. The lowest BCUT2D eigenvalue weighted by Gasteiger charge is -2.36. The molecular weight excluding hydrogens is 306 g/mol. The number of morpholine rings is 1. The molecule has 1 fully saturated rings. The summed E-state index contributed by atoms with van der Waals surface area (Å²) in [5.41, 5.74) is 1.09. The topological polar surface area (TPSA) is 67.7 Å². The molecule has 0 amide bonds. The average Bonchev–Trinajstić information content (AvgIpc) is 2.61. The smallest absolute Gasteiger partial charge is 0.229 e. The molecule has 2 unspecified atom stereocenters. The fourth-order valence-corrected chi connectivity index (χ4v) is 2.79. The quantitative estimate of drug-likeness (QED) is 0.875. The molecule has 3 rings (SSSR count). The van der Waals surface area contributed by atoms with E-state index in [1.165, 1.54) is 0 Å². The first-order chi connectivity index (χ1) is 11.7. The Labute approximate surface area is 142 Å². The van der Waals surface area contributed by atoms with Crippen molar-refractivity contribution in [3.8, 4) is 5.88 Å². The molecule has 0 spiro atoms. The van der Waals surface area contributed by atoms with Crippen molar-refractivity contribution in [2.75, 3.05) is 24.7 Å². The molecule has 2 heterocycles. The second-order valence-corrected chi connectivity index (χ2v) is 5.98. The molecule has 0 saturated carbocycles. The molecule has 1 aliphatic rings. The molecule has 24 heavy (non-hydrogen) atoms. The third kappa shape index (κ3) is 4.43. The van der Waals surface area contributed by atoms with Gasteiger partial charge in [-0.25, -0.2) is 4.98 Å². The van der Waals surface area contributed by atoms with Crippen LogP contribution in [-0.2, 0) is 11.3 Å². The highest BCUT2D eigenvalue weighted by Crippen LogP contribution is 2.21. The van der Waals surface area contributed by atoms with Crippen molar-refractivity contribution in [2.24, 2.45) is 0 Å². The Morgan fingerprint density at radius 1 is 1.33 bits per heavy atom. The second-order valence-electron chi connectivity index (χ2n) is 5.98. The normalized spacial score (nSPS) is 19.1. The number of aromatic nitrogens is 2. The Hall–Kier alpha value is -2.18. The van der Waals surface area contributed by atoms with Crippen molar-refractivity contribution in [1.29, 1.82) is 0 Å². The van der Waals surface area contributed by atoms with E-state index in [4.69, 9.17) is 9.47 Å². The van der Waals surface area contributed by atoms with Crippen LogP contribution in [-0.4, -0.2) is 47.0 Å². The standard InChI is InChI=1S/C18H23N3O3/c1-14(22)11-16-13-23-10-9-21(16)18-19-8-7-17(20-18)24-12-15-5-3-2-4-6-15/h2-8,14,16,22H,9-13H2,1H3. The Morgan fingerprint density at radius 2 is 2.17 bits per heavy atom. The van der Waals surface area contributed by atoms with Gasteiger partial charge in [0.05, 0.1) is 25.4 Å². The molecule has 0 aliphatic carbocycles. The number of benzene rings is 1. The SMILES string of the molecule is CC(O)CC1COCCN1c1nccc(OCc2ccccc2)n1. The number of rotatable bonds is 6. The zero-order valence-electron chi connectivity index (χ0n) is 13.8. The van der Waals surface area contributed by atoms with Crippen molar-refractivity contribution >= 4 is 5.95 Å². The van der Waals surface area contributed by atoms with Crippen molar-refractivity contribution in [3.05, 3.63) is 48.2 Å². The van der Waals surface area contributed by atoms with Gasteiger partial charge in [0, 0.05) is 18.8 Å². The molecule has 1 aromatic carbocycles. The van der Waals surface area contributed by atoms with E-state index in [-0.39, 0.29) is 6.04 Å². The fourth-order valence-electron chi connectivity index (χ4n) is 2.79. The first-order valence-electron chi connectivity index (χ1n) is 8.24. The van der Waals surface area contributed by atoms with Crippen LogP contribution in [0, 0.1) is 0 Å². The number of hydrogen-bond donors (Lipinski definition) is 1.